The molecule has 1 aliphatic heterocycles. The van der Waals surface area contributed by atoms with Crippen LogP contribution in [0.2, 0.25) is 0 Å². The minimum Gasteiger partial charge on any atom is -0.379 e. The number of ether oxygens (including phenoxy) is 1. The fourth-order valence-electron chi connectivity index (χ4n) is 3.58. The first-order valence-electron chi connectivity index (χ1n) is 10.2. The number of nitrogens with one attached hydrogen (secondary N) is 1. The lowest BCUT2D eigenvalue weighted by molar-refractivity contribution is 0.0398. The number of rotatable bonds is 6. The second kappa shape index (κ2) is 8.87. The van der Waals surface area contributed by atoms with Gasteiger partial charge in [0.15, 0.2) is 5.82 Å². The normalized spacial score (nSPS) is 14.8. The number of thiophene rings is 1. The second-order valence-corrected chi connectivity index (χ2v) is 8.24. The predicted molar refractivity (Wildman–Crippen MR) is 122 cm³/mol. The van der Waals surface area contributed by atoms with E-state index >= 15 is 0 Å². The minimum atomic E-state index is 0.700. The maximum Gasteiger partial charge on any atom is 0.164 e. The lowest BCUT2D eigenvalue weighted by atomic mass is 10.2. The van der Waals surface area contributed by atoms with Crippen LogP contribution in [0.1, 0.15) is 0 Å². The number of hydrogen-bond acceptors (Lipinski definition) is 7. The topological polar surface area (TPSA) is 63.2 Å². The Labute approximate surface area is 179 Å². The van der Waals surface area contributed by atoms with Crippen molar-refractivity contribution >= 4 is 27.4 Å². The van der Waals surface area contributed by atoms with Crippen molar-refractivity contribution in [3.63, 3.8) is 0 Å². The summed E-state index contributed by atoms with van der Waals surface area (Å²) >= 11 is 1.70. The van der Waals surface area contributed by atoms with Crippen LogP contribution in [0.15, 0.2) is 60.9 Å². The average Bonchev–Trinajstić information content (AvgIpc) is 3.25. The molecule has 1 aromatic carbocycles. The first-order valence-corrected chi connectivity index (χ1v) is 11.0. The molecule has 0 aliphatic carbocycles. The van der Waals surface area contributed by atoms with Gasteiger partial charge in [0.2, 0.25) is 0 Å². The fourth-order valence-corrected chi connectivity index (χ4v) is 4.62. The van der Waals surface area contributed by atoms with Crippen LogP contribution in [0.4, 0.5) is 5.82 Å². The van der Waals surface area contributed by atoms with Gasteiger partial charge in [-0.2, -0.15) is 0 Å². The third-order valence-corrected chi connectivity index (χ3v) is 6.27. The number of pyridine rings is 1. The van der Waals surface area contributed by atoms with E-state index in [2.05, 4.69) is 45.5 Å². The number of morpholine rings is 1. The molecule has 0 spiro atoms. The quantitative estimate of drug-likeness (QED) is 0.508. The molecular weight excluding hydrogens is 394 g/mol. The molecule has 0 radical (unpaired) electrons. The Morgan fingerprint density at radius 3 is 2.63 bits per heavy atom. The highest BCUT2D eigenvalue weighted by atomic mass is 32.1. The molecule has 0 amide bonds. The highest BCUT2D eigenvalue weighted by Gasteiger charge is 2.15. The van der Waals surface area contributed by atoms with Gasteiger partial charge in [-0.05, 0) is 23.8 Å². The molecule has 1 saturated heterocycles. The van der Waals surface area contributed by atoms with E-state index in [1.54, 1.807) is 17.5 Å². The van der Waals surface area contributed by atoms with Crippen LogP contribution in [-0.2, 0) is 4.74 Å². The summed E-state index contributed by atoms with van der Waals surface area (Å²) < 4.78 is 5.44. The van der Waals surface area contributed by atoms with Crippen LogP contribution in [0.3, 0.4) is 0 Å². The van der Waals surface area contributed by atoms with Crippen LogP contribution in [0.25, 0.3) is 32.0 Å². The van der Waals surface area contributed by atoms with Gasteiger partial charge in [0, 0.05) is 49.0 Å². The van der Waals surface area contributed by atoms with Crippen molar-refractivity contribution in [2.45, 2.75) is 0 Å². The van der Waals surface area contributed by atoms with Crippen molar-refractivity contribution in [3.8, 4) is 21.8 Å². The van der Waals surface area contributed by atoms with Gasteiger partial charge in [-0.15, -0.1) is 11.3 Å². The van der Waals surface area contributed by atoms with Crippen LogP contribution < -0.4 is 5.32 Å². The molecule has 152 valence electrons. The van der Waals surface area contributed by atoms with E-state index in [-0.39, 0.29) is 0 Å². The summed E-state index contributed by atoms with van der Waals surface area (Å²) in [5.74, 6) is 1.58. The monoisotopic (exact) mass is 417 g/mol. The van der Waals surface area contributed by atoms with E-state index in [1.165, 1.54) is 10.4 Å². The maximum absolute atomic E-state index is 5.44. The number of nitrogens with zero attached hydrogens (tertiary/aromatic N) is 4. The molecule has 6 nitrogen and oxygen atoms in total. The van der Waals surface area contributed by atoms with Gasteiger partial charge in [-0.25, -0.2) is 9.97 Å². The number of benzene rings is 1. The highest BCUT2D eigenvalue weighted by molar-refractivity contribution is 7.21. The van der Waals surface area contributed by atoms with Crippen molar-refractivity contribution in [1.82, 2.24) is 19.9 Å². The Morgan fingerprint density at radius 1 is 1.00 bits per heavy atom. The Kier molecular flexibility index (Phi) is 5.65. The van der Waals surface area contributed by atoms with Crippen molar-refractivity contribution in [2.75, 3.05) is 44.7 Å². The molecule has 4 aromatic rings. The molecule has 0 atom stereocenters. The molecule has 1 N–H and O–H groups in total. The van der Waals surface area contributed by atoms with Gasteiger partial charge >= 0.3 is 0 Å². The SMILES string of the molecule is c1ccc(-c2cc3c(NCCN4CCOCC4)nc(-c4cccnc4)nc3s2)cc1. The van der Waals surface area contributed by atoms with E-state index in [1.807, 2.05) is 24.4 Å². The second-order valence-electron chi connectivity index (χ2n) is 7.21. The number of anilines is 1. The Bertz CT molecular complexity index is 1110. The van der Waals surface area contributed by atoms with E-state index in [0.29, 0.717) is 5.82 Å². The van der Waals surface area contributed by atoms with Gasteiger partial charge < -0.3 is 10.1 Å². The third kappa shape index (κ3) is 4.18. The van der Waals surface area contributed by atoms with Crippen LogP contribution in [0.5, 0.6) is 0 Å². The number of aromatic nitrogens is 3. The summed E-state index contributed by atoms with van der Waals surface area (Å²) in [4.78, 5) is 18.5. The predicted octanol–water partition coefficient (Wildman–Crippen LogP) is 4.16. The molecule has 0 saturated carbocycles. The molecule has 1 fully saturated rings. The summed E-state index contributed by atoms with van der Waals surface area (Å²) in [5, 5.41) is 4.63. The van der Waals surface area contributed by atoms with Crippen LogP contribution in [0, 0.1) is 0 Å². The zero-order valence-corrected chi connectivity index (χ0v) is 17.4. The standard InChI is InChI=1S/C23H23N5OS/c1-2-5-17(6-3-1)20-15-19-22(25-9-10-28-11-13-29-14-12-28)26-21(27-23(19)30-20)18-7-4-8-24-16-18/h1-8,15-16H,9-14H2,(H,25,26,27). The molecular formula is C23H23N5OS. The molecule has 0 unspecified atom stereocenters. The smallest absolute Gasteiger partial charge is 0.164 e. The average molecular weight is 418 g/mol. The lowest BCUT2D eigenvalue weighted by Gasteiger charge is -2.26. The molecule has 30 heavy (non-hydrogen) atoms. The number of hydrogen-bond donors (Lipinski definition) is 1. The minimum absolute atomic E-state index is 0.700. The number of fused-ring (bicyclic) bond motifs is 1. The molecule has 5 rings (SSSR count). The van der Waals surface area contributed by atoms with E-state index in [0.717, 1.165) is 61.0 Å². The zero-order chi connectivity index (χ0) is 20.2. The van der Waals surface area contributed by atoms with Gasteiger partial charge in [-0.3, -0.25) is 9.88 Å². The zero-order valence-electron chi connectivity index (χ0n) is 16.6. The van der Waals surface area contributed by atoms with Gasteiger partial charge in [0.25, 0.3) is 0 Å². The fraction of sp³-hybridized carbons (Fsp3) is 0.261. The molecule has 4 heterocycles. The van der Waals surface area contributed by atoms with Gasteiger partial charge in [0.05, 0.1) is 18.6 Å². The third-order valence-electron chi connectivity index (χ3n) is 5.19. The van der Waals surface area contributed by atoms with Crippen LogP contribution >= 0.6 is 11.3 Å². The summed E-state index contributed by atoms with van der Waals surface area (Å²) in [6.45, 7) is 5.39. The van der Waals surface area contributed by atoms with Gasteiger partial charge in [-0.1, -0.05) is 30.3 Å². The first kappa shape index (κ1) is 19.1. The largest absolute Gasteiger partial charge is 0.379 e. The van der Waals surface area contributed by atoms with Crippen molar-refractivity contribution in [2.24, 2.45) is 0 Å². The summed E-state index contributed by atoms with van der Waals surface area (Å²) in [6, 6.07) is 16.5. The van der Waals surface area contributed by atoms with Gasteiger partial charge in [0.1, 0.15) is 10.6 Å². The lowest BCUT2D eigenvalue weighted by Crippen LogP contribution is -2.39. The van der Waals surface area contributed by atoms with Crippen molar-refractivity contribution in [1.29, 1.82) is 0 Å². The molecule has 7 heteroatoms. The molecule has 1 aliphatic rings. The molecule has 0 bridgehead atoms. The Hall–Kier alpha value is -2.87. The first-order chi connectivity index (χ1) is 14.9. The molecule has 3 aromatic heterocycles. The van der Waals surface area contributed by atoms with E-state index in [9.17, 15) is 0 Å². The van der Waals surface area contributed by atoms with E-state index < -0.39 is 0 Å². The summed E-state index contributed by atoms with van der Waals surface area (Å²) in [7, 11) is 0. The maximum atomic E-state index is 5.44. The Morgan fingerprint density at radius 2 is 1.83 bits per heavy atom. The van der Waals surface area contributed by atoms with Crippen molar-refractivity contribution < 1.29 is 4.74 Å². The Balaban J connectivity index is 1.48. The summed E-state index contributed by atoms with van der Waals surface area (Å²) in [6.07, 6.45) is 3.58. The highest BCUT2D eigenvalue weighted by Crippen LogP contribution is 2.36. The van der Waals surface area contributed by atoms with E-state index in [4.69, 9.17) is 14.7 Å². The van der Waals surface area contributed by atoms with Crippen LogP contribution in [-0.4, -0.2) is 59.2 Å². The summed E-state index contributed by atoms with van der Waals surface area (Å²) in [5.41, 5.74) is 2.12. The van der Waals surface area contributed by atoms with Crippen molar-refractivity contribution in [3.05, 3.63) is 60.9 Å².